The minimum Gasteiger partial charge on any atom is -0.463 e. The molecule has 0 aromatic heterocycles. The van der Waals surface area contributed by atoms with Gasteiger partial charge >= 0.3 is 11.9 Å². The fourth-order valence-electron chi connectivity index (χ4n) is 1.27. The number of ether oxygens (including phenoxy) is 2. The molecule has 0 atom stereocenters. The first-order valence-electron chi connectivity index (χ1n) is 7.17. The minimum absolute atomic E-state index is 0.0465. The van der Waals surface area contributed by atoms with Crippen molar-refractivity contribution in [1.29, 1.82) is 0 Å². The molecule has 21 heavy (non-hydrogen) atoms. The summed E-state index contributed by atoms with van der Waals surface area (Å²) in [6.07, 6.45) is 6.84. The van der Waals surface area contributed by atoms with Crippen molar-refractivity contribution in [2.45, 2.75) is 39.5 Å². The normalized spacial score (nSPS) is 9.33. The van der Waals surface area contributed by atoms with Gasteiger partial charge < -0.3 is 14.6 Å². The van der Waals surface area contributed by atoms with Gasteiger partial charge in [0.15, 0.2) is 0 Å². The number of aliphatic hydroxyl groups excluding tert-OH is 1. The van der Waals surface area contributed by atoms with Gasteiger partial charge in [0.05, 0.1) is 13.2 Å². The third-order valence-corrected chi connectivity index (χ3v) is 2.34. The Balaban J connectivity index is 0. The van der Waals surface area contributed by atoms with Gasteiger partial charge in [-0.2, -0.15) is 0 Å². The molecule has 0 rings (SSSR count). The van der Waals surface area contributed by atoms with Crippen molar-refractivity contribution < 1.29 is 24.2 Å². The van der Waals surface area contributed by atoms with Gasteiger partial charge in [0.1, 0.15) is 6.61 Å². The van der Waals surface area contributed by atoms with Crippen LogP contribution in [0, 0.1) is 5.92 Å². The zero-order valence-corrected chi connectivity index (χ0v) is 13.2. The molecule has 0 fully saturated rings. The van der Waals surface area contributed by atoms with Crippen LogP contribution in [0.5, 0.6) is 0 Å². The van der Waals surface area contributed by atoms with E-state index in [1.807, 2.05) is 0 Å². The fraction of sp³-hybridized carbons (Fsp3) is 0.625. The van der Waals surface area contributed by atoms with Crippen LogP contribution in [0.4, 0.5) is 0 Å². The summed E-state index contributed by atoms with van der Waals surface area (Å²) in [6, 6.07) is 0. The molecule has 5 heteroatoms. The Labute approximate surface area is 127 Å². The van der Waals surface area contributed by atoms with Crippen molar-refractivity contribution in [3.05, 3.63) is 25.3 Å². The number of aliphatic hydroxyl groups is 1. The lowest BCUT2D eigenvalue weighted by Crippen LogP contribution is -2.04. The summed E-state index contributed by atoms with van der Waals surface area (Å²) in [5.74, 6) is -0.0429. The number of carbonyl (C=O) groups excluding carboxylic acids is 2. The lowest BCUT2D eigenvalue weighted by atomic mass is 10.1. The van der Waals surface area contributed by atoms with Gasteiger partial charge in [-0.1, -0.05) is 46.3 Å². The van der Waals surface area contributed by atoms with Gasteiger partial charge in [0, 0.05) is 12.2 Å². The Morgan fingerprint density at radius 2 is 1.52 bits per heavy atom. The van der Waals surface area contributed by atoms with Crippen LogP contribution < -0.4 is 0 Å². The van der Waals surface area contributed by atoms with Crippen LogP contribution in [0.15, 0.2) is 25.3 Å². The molecule has 122 valence electrons. The second-order valence-corrected chi connectivity index (χ2v) is 4.71. The summed E-state index contributed by atoms with van der Waals surface area (Å²) >= 11 is 0. The first-order chi connectivity index (χ1) is 9.97. The number of esters is 2. The van der Waals surface area contributed by atoms with Crippen LogP contribution in [0.25, 0.3) is 0 Å². The molecule has 0 saturated carbocycles. The summed E-state index contributed by atoms with van der Waals surface area (Å²) in [5, 5.41) is 8.10. The second kappa shape index (κ2) is 16.4. The molecule has 0 spiro atoms. The lowest BCUT2D eigenvalue weighted by Gasteiger charge is -2.04. The van der Waals surface area contributed by atoms with Gasteiger partial charge in [-0.3, -0.25) is 0 Å². The molecule has 5 nitrogen and oxygen atoms in total. The maximum Gasteiger partial charge on any atom is 0.330 e. The molecule has 0 saturated heterocycles. The van der Waals surface area contributed by atoms with Crippen LogP contribution in [0.1, 0.15) is 39.5 Å². The molecule has 0 bridgehead atoms. The van der Waals surface area contributed by atoms with Crippen molar-refractivity contribution in [2.24, 2.45) is 5.92 Å². The average Bonchev–Trinajstić information content (AvgIpc) is 2.48. The molecule has 0 aliphatic heterocycles. The van der Waals surface area contributed by atoms with Crippen LogP contribution in [0.2, 0.25) is 0 Å². The van der Waals surface area contributed by atoms with Gasteiger partial charge in [-0.05, 0) is 12.3 Å². The van der Waals surface area contributed by atoms with E-state index in [4.69, 9.17) is 9.84 Å². The first kappa shape index (κ1) is 21.7. The molecular weight excluding hydrogens is 272 g/mol. The van der Waals surface area contributed by atoms with Gasteiger partial charge in [0.25, 0.3) is 0 Å². The minimum atomic E-state index is -0.501. The molecule has 0 amide bonds. The van der Waals surface area contributed by atoms with E-state index in [1.54, 1.807) is 0 Å². The number of rotatable bonds is 10. The second-order valence-electron chi connectivity index (χ2n) is 4.71. The number of hydrogen-bond donors (Lipinski definition) is 1. The van der Waals surface area contributed by atoms with Crippen LogP contribution in [-0.4, -0.2) is 36.9 Å². The van der Waals surface area contributed by atoms with Gasteiger partial charge in [-0.15, -0.1) is 0 Å². The van der Waals surface area contributed by atoms with Crippen LogP contribution in [0.3, 0.4) is 0 Å². The fourth-order valence-corrected chi connectivity index (χ4v) is 1.27. The van der Waals surface area contributed by atoms with E-state index in [9.17, 15) is 9.59 Å². The smallest absolute Gasteiger partial charge is 0.330 e. The van der Waals surface area contributed by atoms with Crippen molar-refractivity contribution in [3.8, 4) is 0 Å². The van der Waals surface area contributed by atoms with E-state index >= 15 is 0 Å². The summed E-state index contributed by atoms with van der Waals surface area (Å²) in [5.41, 5.74) is 0. The Bertz CT molecular complexity index is 297. The highest BCUT2D eigenvalue weighted by molar-refractivity contribution is 5.81. The Kier molecular flexibility index (Phi) is 17.0. The topological polar surface area (TPSA) is 72.8 Å². The predicted molar refractivity (Wildman–Crippen MR) is 82.7 cm³/mol. The SMILES string of the molecule is C=CC(=O)OCCCCCC(C)C.C=CC(=O)OCCO. The maximum absolute atomic E-state index is 10.6. The standard InChI is InChI=1S/C11H20O2.C5H8O3/c1-4-11(12)13-9-7-5-6-8-10(2)3;1-2-5(7)8-4-3-6/h4,10H,1,5-9H2,2-3H3;2,6H,1,3-4H2. The molecule has 0 aliphatic carbocycles. The molecule has 0 aliphatic rings. The average molecular weight is 300 g/mol. The molecule has 0 unspecified atom stereocenters. The highest BCUT2D eigenvalue weighted by Gasteiger charge is 1.96. The van der Waals surface area contributed by atoms with Crippen LogP contribution in [-0.2, 0) is 19.1 Å². The highest BCUT2D eigenvalue weighted by Crippen LogP contribution is 2.07. The van der Waals surface area contributed by atoms with E-state index in [0.717, 1.165) is 24.8 Å². The van der Waals surface area contributed by atoms with Gasteiger partial charge in [0.2, 0.25) is 0 Å². The van der Waals surface area contributed by atoms with E-state index in [2.05, 4.69) is 31.7 Å². The molecule has 0 radical (unpaired) electrons. The van der Waals surface area contributed by atoms with E-state index in [0.29, 0.717) is 6.61 Å². The van der Waals surface area contributed by atoms with E-state index < -0.39 is 5.97 Å². The van der Waals surface area contributed by atoms with Crippen LogP contribution >= 0.6 is 0 Å². The Morgan fingerprint density at radius 3 is 1.95 bits per heavy atom. The third-order valence-electron chi connectivity index (χ3n) is 2.34. The molecule has 1 N–H and O–H groups in total. The third kappa shape index (κ3) is 20.8. The molecule has 0 aromatic rings. The Morgan fingerprint density at radius 1 is 1.00 bits per heavy atom. The molecular formula is C16H28O5. The zero-order chi connectivity index (χ0) is 16.5. The highest BCUT2D eigenvalue weighted by atomic mass is 16.5. The van der Waals surface area contributed by atoms with Gasteiger partial charge in [-0.25, -0.2) is 9.59 Å². The maximum atomic E-state index is 10.6. The number of unbranched alkanes of at least 4 members (excludes halogenated alkanes) is 2. The van der Waals surface area contributed by atoms with Crippen molar-refractivity contribution in [1.82, 2.24) is 0 Å². The largest absolute Gasteiger partial charge is 0.463 e. The quantitative estimate of drug-likeness (QED) is 0.381. The summed E-state index contributed by atoms with van der Waals surface area (Å²) < 4.78 is 9.17. The summed E-state index contributed by atoms with van der Waals surface area (Å²) in [4.78, 5) is 20.7. The van der Waals surface area contributed by atoms with Crippen molar-refractivity contribution >= 4 is 11.9 Å². The predicted octanol–water partition coefficient (Wildman–Crippen LogP) is 2.64. The van der Waals surface area contributed by atoms with E-state index in [1.165, 1.54) is 18.9 Å². The molecule has 0 aromatic carbocycles. The lowest BCUT2D eigenvalue weighted by molar-refractivity contribution is -0.139. The van der Waals surface area contributed by atoms with E-state index in [-0.39, 0.29) is 19.2 Å². The zero-order valence-electron chi connectivity index (χ0n) is 13.2. The van der Waals surface area contributed by atoms with Crippen molar-refractivity contribution in [3.63, 3.8) is 0 Å². The monoisotopic (exact) mass is 300 g/mol. The number of carbonyl (C=O) groups is 2. The Hall–Kier alpha value is -1.62. The summed E-state index contributed by atoms with van der Waals surface area (Å²) in [7, 11) is 0. The number of hydrogen-bond acceptors (Lipinski definition) is 5. The summed E-state index contributed by atoms with van der Waals surface area (Å²) in [6.45, 7) is 11.4. The van der Waals surface area contributed by atoms with Crippen molar-refractivity contribution in [2.75, 3.05) is 19.8 Å². The molecule has 0 heterocycles. The first-order valence-corrected chi connectivity index (χ1v) is 7.17.